The highest BCUT2D eigenvalue weighted by Gasteiger charge is 2.00. The van der Waals surface area contributed by atoms with Crippen LogP contribution in [-0.4, -0.2) is 160 Å². The molecule has 14 nitrogen and oxygen atoms in total. The highest BCUT2D eigenvalue weighted by molar-refractivity contribution is 7.85. The molecule has 0 unspecified atom stereocenters. The largest absolute Gasteiger partial charge is 0.377 e. The van der Waals surface area contributed by atoms with Crippen LogP contribution in [0.25, 0.3) is 0 Å². The maximum Gasteiger partial charge on any atom is 0.264 e. The molecule has 0 aliphatic heterocycles. The predicted molar refractivity (Wildman–Crippen MR) is 165 cm³/mol. The first-order valence-electron chi connectivity index (χ1n) is 15.3. The molecule has 1 rings (SSSR count). The molecule has 1 aromatic rings. The third kappa shape index (κ3) is 33.9. The Morgan fingerprint density at radius 3 is 0.889 bits per heavy atom. The van der Waals surface area contributed by atoms with E-state index < -0.39 is 10.1 Å². The third-order valence-corrected chi connectivity index (χ3v) is 5.95. The van der Waals surface area contributed by atoms with Crippen LogP contribution < -0.4 is 0 Å². The minimum atomic E-state index is -3.42. The minimum absolute atomic E-state index is 0.00215. The van der Waals surface area contributed by atoms with Gasteiger partial charge in [0.1, 0.15) is 0 Å². The number of hydrogen-bond acceptors (Lipinski definition) is 14. The summed E-state index contributed by atoms with van der Waals surface area (Å²) in [7, 11) is -3.42. The Morgan fingerprint density at radius 1 is 0.378 bits per heavy atom. The van der Waals surface area contributed by atoms with Crippen molar-refractivity contribution in [3.05, 3.63) is 35.9 Å². The van der Waals surface area contributed by atoms with E-state index in [2.05, 4.69) is 4.18 Å². The second-order valence-corrected chi connectivity index (χ2v) is 10.8. The lowest BCUT2D eigenvalue weighted by molar-refractivity contribution is -0.0279. The number of ether oxygens (including phenoxy) is 11. The van der Waals surface area contributed by atoms with Gasteiger partial charge in [-0.1, -0.05) is 30.3 Å². The fourth-order valence-corrected chi connectivity index (χ4v) is 3.58. The molecule has 1 aromatic carbocycles. The summed E-state index contributed by atoms with van der Waals surface area (Å²) in [5.74, 6) is 0. The predicted octanol–water partition coefficient (Wildman–Crippen LogP) is 1.35. The van der Waals surface area contributed by atoms with Crippen molar-refractivity contribution in [1.82, 2.24) is 0 Å². The molecule has 0 aliphatic carbocycles. The van der Waals surface area contributed by atoms with Crippen molar-refractivity contribution in [1.29, 1.82) is 0 Å². The van der Waals surface area contributed by atoms with Gasteiger partial charge in [-0.05, 0) is 5.56 Å². The number of benzene rings is 1. The zero-order valence-corrected chi connectivity index (χ0v) is 27.6. The molecule has 0 N–H and O–H groups in total. The summed E-state index contributed by atoms with van der Waals surface area (Å²) in [5, 5.41) is 0. The summed E-state index contributed by atoms with van der Waals surface area (Å²) in [6.45, 7) is 10.5. The Morgan fingerprint density at radius 2 is 0.622 bits per heavy atom. The quantitative estimate of drug-likeness (QED) is 0.0748. The summed E-state index contributed by atoms with van der Waals surface area (Å²) in [4.78, 5) is 0. The Kier molecular flexibility index (Phi) is 30.2. The van der Waals surface area contributed by atoms with E-state index in [9.17, 15) is 8.42 Å². The SMILES string of the molecule is CS(=O)(=O)OCCOCCOCCOCCOCCOCCOCCOCCOCCOCCOCCOCc1ccccc1. The summed E-state index contributed by atoms with van der Waals surface area (Å²) >= 11 is 0. The van der Waals surface area contributed by atoms with Crippen LogP contribution in [0.1, 0.15) is 5.56 Å². The van der Waals surface area contributed by atoms with E-state index in [1.807, 2.05) is 30.3 Å². The number of hydrogen-bond donors (Lipinski definition) is 0. The van der Waals surface area contributed by atoms with Gasteiger partial charge in [0.25, 0.3) is 10.1 Å². The van der Waals surface area contributed by atoms with Crippen molar-refractivity contribution in [3.8, 4) is 0 Å². The van der Waals surface area contributed by atoms with Crippen LogP contribution in [0.15, 0.2) is 30.3 Å². The average Bonchev–Trinajstić information content (AvgIpc) is 3.03. The van der Waals surface area contributed by atoms with Gasteiger partial charge in [-0.2, -0.15) is 8.42 Å². The normalized spacial score (nSPS) is 11.8. The molecular formula is C30H54O14S. The molecule has 0 heterocycles. The first-order valence-corrected chi connectivity index (χ1v) is 17.1. The average molecular weight is 671 g/mol. The maximum atomic E-state index is 10.8. The van der Waals surface area contributed by atoms with Crippen LogP contribution in [0.4, 0.5) is 0 Å². The summed E-state index contributed by atoms with van der Waals surface area (Å²) < 4.78 is 85.8. The van der Waals surface area contributed by atoms with Crippen molar-refractivity contribution in [2.45, 2.75) is 6.61 Å². The van der Waals surface area contributed by atoms with E-state index in [1.165, 1.54) is 0 Å². The Balaban J connectivity index is 1.62. The monoisotopic (exact) mass is 670 g/mol. The van der Waals surface area contributed by atoms with Crippen molar-refractivity contribution in [2.75, 3.05) is 152 Å². The van der Waals surface area contributed by atoms with E-state index >= 15 is 0 Å². The van der Waals surface area contributed by atoms with Crippen molar-refractivity contribution in [3.63, 3.8) is 0 Å². The van der Waals surface area contributed by atoms with Crippen LogP contribution in [0.2, 0.25) is 0 Å². The molecule has 0 amide bonds. The molecule has 0 aromatic heterocycles. The molecule has 0 saturated heterocycles. The topological polar surface area (TPSA) is 145 Å². The highest BCUT2D eigenvalue weighted by atomic mass is 32.2. The molecule has 15 heteroatoms. The van der Waals surface area contributed by atoms with E-state index in [0.29, 0.717) is 139 Å². The van der Waals surface area contributed by atoms with Gasteiger partial charge < -0.3 is 52.1 Å². The molecule has 264 valence electrons. The van der Waals surface area contributed by atoms with Crippen LogP contribution in [-0.2, 0) is 73.0 Å². The minimum Gasteiger partial charge on any atom is -0.377 e. The van der Waals surface area contributed by atoms with E-state index in [0.717, 1.165) is 11.8 Å². The van der Waals surface area contributed by atoms with Crippen molar-refractivity contribution in [2.24, 2.45) is 0 Å². The van der Waals surface area contributed by atoms with Gasteiger partial charge in [-0.15, -0.1) is 0 Å². The molecule has 0 spiro atoms. The fraction of sp³-hybridized carbons (Fsp3) is 0.800. The van der Waals surface area contributed by atoms with Crippen molar-refractivity contribution < 1.29 is 64.7 Å². The third-order valence-electron chi connectivity index (χ3n) is 5.36. The summed E-state index contributed by atoms with van der Waals surface area (Å²) in [6, 6.07) is 10.1. The smallest absolute Gasteiger partial charge is 0.264 e. The van der Waals surface area contributed by atoms with Crippen LogP contribution in [0.5, 0.6) is 0 Å². The molecule has 45 heavy (non-hydrogen) atoms. The van der Waals surface area contributed by atoms with Gasteiger partial charge in [0.05, 0.1) is 158 Å². The standard InChI is InChI=1S/C30H54O14S/c1-45(31,32)44-28-27-42-24-23-40-20-19-38-16-15-36-12-11-34-8-7-33-9-10-35-13-14-37-17-18-39-21-22-41-25-26-43-29-30-5-3-2-4-6-30/h2-6H,7-29H2,1H3. The molecule has 0 radical (unpaired) electrons. The molecule has 0 atom stereocenters. The van der Waals surface area contributed by atoms with Gasteiger partial charge >= 0.3 is 0 Å². The Hall–Kier alpha value is -1.31. The van der Waals surface area contributed by atoms with E-state index in [-0.39, 0.29) is 13.2 Å². The molecule has 0 fully saturated rings. The summed E-state index contributed by atoms with van der Waals surface area (Å²) in [5.41, 5.74) is 1.15. The van der Waals surface area contributed by atoms with Gasteiger partial charge in [0.15, 0.2) is 0 Å². The summed E-state index contributed by atoms with van der Waals surface area (Å²) in [6.07, 6.45) is 0.996. The molecule has 0 aliphatic rings. The second kappa shape index (κ2) is 32.6. The van der Waals surface area contributed by atoms with Crippen LogP contribution in [0.3, 0.4) is 0 Å². The lowest BCUT2D eigenvalue weighted by Gasteiger charge is -2.09. The zero-order chi connectivity index (χ0) is 32.4. The van der Waals surface area contributed by atoms with Gasteiger partial charge in [0, 0.05) is 0 Å². The van der Waals surface area contributed by atoms with Gasteiger partial charge in [-0.25, -0.2) is 0 Å². The first kappa shape index (κ1) is 41.7. The van der Waals surface area contributed by atoms with E-state index in [1.54, 1.807) is 0 Å². The highest BCUT2D eigenvalue weighted by Crippen LogP contribution is 2.00. The van der Waals surface area contributed by atoms with Crippen LogP contribution in [0, 0.1) is 0 Å². The molecular weight excluding hydrogens is 616 g/mol. The molecule has 0 saturated carbocycles. The zero-order valence-electron chi connectivity index (χ0n) is 26.8. The van der Waals surface area contributed by atoms with Gasteiger partial charge in [0.2, 0.25) is 0 Å². The molecule has 0 bridgehead atoms. The lowest BCUT2D eigenvalue weighted by Crippen LogP contribution is -2.15. The maximum absolute atomic E-state index is 10.8. The van der Waals surface area contributed by atoms with Gasteiger partial charge in [-0.3, -0.25) is 4.18 Å². The number of rotatable bonds is 36. The lowest BCUT2D eigenvalue weighted by atomic mass is 10.2. The van der Waals surface area contributed by atoms with Crippen molar-refractivity contribution >= 4 is 10.1 Å². The fourth-order valence-electron chi connectivity index (χ4n) is 3.21. The first-order chi connectivity index (χ1) is 22.1. The van der Waals surface area contributed by atoms with E-state index in [4.69, 9.17) is 52.1 Å². The Bertz CT molecular complexity index is 831. The second-order valence-electron chi connectivity index (χ2n) is 9.19. The van der Waals surface area contributed by atoms with Crippen LogP contribution >= 0.6 is 0 Å². The Labute approximate surface area is 268 Å².